The lowest BCUT2D eigenvalue weighted by Crippen LogP contribution is -2.22. The molecule has 3 rings (SSSR count). The first-order valence-electron chi connectivity index (χ1n) is 8.18. The van der Waals surface area contributed by atoms with Crippen LogP contribution < -0.4 is 5.32 Å². The highest BCUT2D eigenvalue weighted by Crippen LogP contribution is 2.24. The van der Waals surface area contributed by atoms with E-state index in [1.807, 2.05) is 36.7 Å². The molecular formula is C19H19ClN4OS. The molecule has 0 spiro atoms. The van der Waals surface area contributed by atoms with Crippen molar-refractivity contribution in [3.63, 3.8) is 0 Å². The number of benzene rings is 2. The number of anilines is 1. The molecule has 0 saturated heterocycles. The summed E-state index contributed by atoms with van der Waals surface area (Å²) in [6, 6.07) is 17.2. The Hall–Kier alpha value is -2.31. The van der Waals surface area contributed by atoms with Crippen LogP contribution in [-0.2, 0) is 18.3 Å². The summed E-state index contributed by atoms with van der Waals surface area (Å²) in [7, 11) is 1.92. The number of amides is 1. The summed E-state index contributed by atoms with van der Waals surface area (Å²) < 4.78 is 1.93. The fraction of sp³-hybridized carbons (Fsp3) is 0.211. The molecule has 1 amide bonds. The van der Waals surface area contributed by atoms with Crippen LogP contribution in [0.3, 0.4) is 0 Å². The molecule has 0 aliphatic rings. The molecule has 0 bridgehead atoms. The molecule has 5 nitrogen and oxygen atoms in total. The van der Waals surface area contributed by atoms with E-state index in [9.17, 15) is 4.79 Å². The topological polar surface area (TPSA) is 59.8 Å². The van der Waals surface area contributed by atoms with Crippen LogP contribution in [0, 0.1) is 0 Å². The van der Waals surface area contributed by atoms with Crippen molar-refractivity contribution >= 4 is 35.0 Å². The van der Waals surface area contributed by atoms with Crippen molar-refractivity contribution in [2.75, 3.05) is 5.32 Å². The fourth-order valence-corrected chi connectivity index (χ4v) is 3.43. The summed E-state index contributed by atoms with van der Waals surface area (Å²) in [6.07, 6.45) is 0.702. The Labute approximate surface area is 161 Å². The molecule has 0 radical (unpaired) electrons. The zero-order valence-electron chi connectivity index (χ0n) is 14.5. The van der Waals surface area contributed by atoms with Gasteiger partial charge in [-0.05, 0) is 30.7 Å². The molecule has 2 aromatic carbocycles. The third-order valence-electron chi connectivity index (χ3n) is 3.87. The van der Waals surface area contributed by atoms with Gasteiger partial charge in [0.05, 0.1) is 5.25 Å². The molecule has 0 saturated carbocycles. The lowest BCUT2D eigenvalue weighted by molar-refractivity contribution is -0.115. The number of hydrogen-bond donors (Lipinski definition) is 1. The molecule has 1 atom stereocenters. The monoisotopic (exact) mass is 386 g/mol. The fourth-order valence-electron chi connectivity index (χ4n) is 2.40. The van der Waals surface area contributed by atoms with Gasteiger partial charge < -0.3 is 9.88 Å². The Kier molecular flexibility index (Phi) is 5.96. The third kappa shape index (κ3) is 4.65. The summed E-state index contributed by atoms with van der Waals surface area (Å²) in [5.74, 6) is 0.756. The van der Waals surface area contributed by atoms with Crippen LogP contribution >= 0.6 is 23.4 Å². The summed E-state index contributed by atoms with van der Waals surface area (Å²) in [4.78, 5) is 12.4. The highest BCUT2D eigenvalue weighted by atomic mass is 35.5. The molecule has 0 aliphatic carbocycles. The van der Waals surface area contributed by atoms with Gasteiger partial charge in [0.1, 0.15) is 5.82 Å². The SMILES string of the molecule is C[C@@H](Sc1nnc(Cc2ccccc2)n1C)C(=O)Nc1cccc(Cl)c1. The molecule has 3 aromatic rings. The van der Waals surface area contributed by atoms with E-state index in [1.165, 1.54) is 17.3 Å². The van der Waals surface area contributed by atoms with Crippen molar-refractivity contribution in [3.8, 4) is 0 Å². The third-order valence-corrected chi connectivity index (χ3v) is 5.24. The zero-order valence-corrected chi connectivity index (χ0v) is 16.1. The maximum atomic E-state index is 12.4. The molecule has 0 aliphatic heterocycles. The van der Waals surface area contributed by atoms with Crippen LogP contribution in [0.5, 0.6) is 0 Å². The highest BCUT2D eigenvalue weighted by Gasteiger charge is 2.19. The number of halogens is 1. The number of carbonyl (C=O) groups is 1. The summed E-state index contributed by atoms with van der Waals surface area (Å²) in [5.41, 5.74) is 1.85. The van der Waals surface area contributed by atoms with E-state index in [0.29, 0.717) is 22.3 Å². The van der Waals surface area contributed by atoms with E-state index in [1.54, 1.807) is 24.3 Å². The molecule has 26 heavy (non-hydrogen) atoms. The lowest BCUT2D eigenvalue weighted by Gasteiger charge is -2.12. The maximum Gasteiger partial charge on any atom is 0.237 e. The van der Waals surface area contributed by atoms with E-state index in [0.717, 1.165) is 5.82 Å². The van der Waals surface area contributed by atoms with Crippen LogP contribution in [0.15, 0.2) is 59.8 Å². The van der Waals surface area contributed by atoms with Gasteiger partial charge in [-0.1, -0.05) is 59.8 Å². The number of aromatic nitrogens is 3. The molecule has 1 N–H and O–H groups in total. The van der Waals surface area contributed by atoms with Gasteiger partial charge in [-0.3, -0.25) is 4.79 Å². The molecule has 0 unspecified atom stereocenters. The minimum atomic E-state index is -0.318. The van der Waals surface area contributed by atoms with Gasteiger partial charge >= 0.3 is 0 Å². The second kappa shape index (κ2) is 8.38. The van der Waals surface area contributed by atoms with E-state index >= 15 is 0 Å². The number of nitrogens with one attached hydrogen (secondary N) is 1. The molecule has 0 fully saturated rings. The van der Waals surface area contributed by atoms with Crippen molar-refractivity contribution in [1.29, 1.82) is 0 Å². The Morgan fingerprint density at radius 2 is 1.96 bits per heavy atom. The van der Waals surface area contributed by atoms with Crippen LogP contribution in [0.1, 0.15) is 18.3 Å². The minimum absolute atomic E-state index is 0.107. The molecule has 134 valence electrons. The summed E-state index contributed by atoms with van der Waals surface area (Å²) in [5, 5.41) is 12.3. The zero-order chi connectivity index (χ0) is 18.5. The van der Waals surface area contributed by atoms with Crippen LogP contribution in [0.25, 0.3) is 0 Å². The smallest absolute Gasteiger partial charge is 0.237 e. The predicted molar refractivity (Wildman–Crippen MR) is 106 cm³/mol. The molecule has 7 heteroatoms. The van der Waals surface area contributed by atoms with Crippen LogP contribution in [0.4, 0.5) is 5.69 Å². The quantitative estimate of drug-likeness (QED) is 0.645. The largest absolute Gasteiger partial charge is 0.325 e. The number of hydrogen-bond acceptors (Lipinski definition) is 4. The minimum Gasteiger partial charge on any atom is -0.325 e. The second-order valence-electron chi connectivity index (χ2n) is 5.88. The number of carbonyl (C=O) groups excluding carboxylic acids is 1. The lowest BCUT2D eigenvalue weighted by atomic mass is 10.1. The van der Waals surface area contributed by atoms with Crippen molar-refractivity contribution in [2.45, 2.75) is 23.8 Å². The van der Waals surface area contributed by atoms with Gasteiger partial charge in [0.15, 0.2) is 5.16 Å². The van der Waals surface area contributed by atoms with E-state index < -0.39 is 0 Å². The Bertz CT molecular complexity index is 898. The molecular weight excluding hydrogens is 368 g/mol. The van der Waals surface area contributed by atoms with E-state index in [4.69, 9.17) is 11.6 Å². The van der Waals surface area contributed by atoms with Gasteiger partial charge in [0, 0.05) is 24.2 Å². The number of nitrogens with zero attached hydrogens (tertiary/aromatic N) is 3. The van der Waals surface area contributed by atoms with Gasteiger partial charge in [0.2, 0.25) is 5.91 Å². The molecule has 1 aromatic heterocycles. The Balaban J connectivity index is 1.64. The normalized spacial score (nSPS) is 12.0. The first-order valence-corrected chi connectivity index (χ1v) is 9.44. The molecule has 1 heterocycles. The summed E-state index contributed by atoms with van der Waals surface area (Å²) in [6.45, 7) is 1.84. The number of rotatable bonds is 6. The predicted octanol–water partition coefficient (Wildman–Crippen LogP) is 4.18. The average Bonchev–Trinajstić information content (AvgIpc) is 2.96. The van der Waals surface area contributed by atoms with Crippen LogP contribution in [0.2, 0.25) is 5.02 Å². The van der Waals surface area contributed by atoms with Crippen molar-refractivity contribution in [3.05, 3.63) is 71.0 Å². The maximum absolute atomic E-state index is 12.4. The summed E-state index contributed by atoms with van der Waals surface area (Å²) >= 11 is 7.33. The Morgan fingerprint density at radius 1 is 1.19 bits per heavy atom. The van der Waals surface area contributed by atoms with Gasteiger partial charge in [-0.25, -0.2) is 0 Å². The number of thioether (sulfide) groups is 1. The van der Waals surface area contributed by atoms with Gasteiger partial charge in [-0.2, -0.15) is 0 Å². The second-order valence-corrected chi connectivity index (χ2v) is 7.62. The first kappa shape index (κ1) is 18.5. The van der Waals surface area contributed by atoms with Gasteiger partial charge in [0.25, 0.3) is 0 Å². The van der Waals surface area contributed by atoms with Crippen molar-refractivity contribution in [1.82, 2.24) is 14.8 Å². The van der Waals surface area contributed by atoms with E-state index in [2.05, 4.69) is 27.6 Å². The van der Waals surface area contributed by atoms with Gasteiger partial charge in [-0.15, -0.1) is 10.2 Å². The first-order chi connectivity index (χ1) is 12.5. The van der Waals surface area contributed by atoms with Crippen molar-refractivity contribution in [2.24, 2.45) is 7.05 Å². The van der Waals surface area contributed by atoms with Crippen molar-refractivity contribution < 1.29 is 4.79 Å². The highest BCUT2D eigenvalue weighted by molar-refractivity contribution is 8.00. The standard InChI is InChI=1S/C19H19ClN4OS/c1-13(18(25)21-16-10-6-9-15(20)12-16)26-19-23-22-17(24(19)2)11-14-7-4-3-5-8-14/h3-10,12-13H,11H2,1-2H3,(H,21,25)/t13-/m1/s1. The van der Waals surface area contributed by atoms with E-state index in [-0.39, 0.29) is 11.2 Å². The van der Waals surface area contributed by atoms with Crippen LogP contribution in [-0.4, -0.2) is 25.9 Å². The Morgan fingerprint density at radius 3 is 2.69 bits per heavy atom. The average molecular weight is 387 g/mol.